The van der Waals surface area contributed by atoms with Crippen molar-refractivity contribution in [2.24, 2.45) is 7.05 Å². The van der Waals surface area contributed by atoms with Crippen molar-refractivity contribution in [3.05, 3.63) is 46.0 Å². The van der Waals surface area contributed by atoms with Gasteiger partial charge in [0.25, 0.3) is 5.56 Å². The molecular formula is C16H22N4O2. The Bertz CT molecular complexity index is 704. The van der Waals surface area contributed by atoms with Gasteiger partial charge in [-0.15, -0.1) is 0 Å². The summed E-state index contributed by atoms with van der Waals surface area (Å²) in [6.07, 6.45) is 3.96. The van der Waals surface area contributed by atoms with Crippen LogP contribution in [-0.2, 0) is 13.6 Å². The summed E-state index contributed by atoms with van der Waals surface area (Å²) in [5, 5.41) is 4.15. The Balaban J connectivity index is 1.77. The fraction of sp³-hybridized carbons (Fsp3) is 0.562. The van der Waals surface area contributed by atoms with Crippen LogP contribution in [0.5, 0.6) is 0 Å². The normalized spacial score (nSPS) is 19.2. The van der Waals surface area contributed by atoms with E-state index in [9.17, 15) is 4.79 Å². The van der Waals surface area contributed by atoms with Crippen molar-refractivity contribution in [1.82, 2.24) is 19.6 Å². The molecule has 3 rings (SSSR count). The molecule has 3 heterocycles. The number of rotatable bonds is 4. The third-order valence-electron chi connectivity index (χ3n) is 4.17. The number of hydrogen-bond donors (Lipinski definition) is 0. The summed E-state index contributed by atoms with van der Waals surface area (Å²) < 4.78 is 6.91. The molecule has 1 aliphatic rings. The van der Waals surface area contributed by atoms with E-state index in [-0.39, 0.29) is 17.5 Å². The SMILES string of the molecule is CC(C)c1nc([C@@H]2CCCN2Cc2ccn(C)c(=O)c2)no1. The second kappa shape index (κ2) is 6.04. The summed E-state index contributed by atoms with van der Waals surface area (Å²) in [6, 6.07) is 3.87. The third kappa shape index (κ3) is 2.97. The third-order valence-corrected chi connectivity index (χ3v) is 4.17. The minimum Gasteiger partial charge on any atom is -0.339 e. The van der Waals surface area contributed by atoms with Crippen LogP contribution < -0.4 is 5.56 Å². The van der Waals surface area contributed by atoms with Crippen LogP contribution >= 0.6 is 0 Å². The smallest absolute Gasteiger partial charge is 0.250 e. The molecule has 0 aliphatic carbocycles. The van der Waals surface area contributed by atoms with Crippen LogP contribution in [0.2, 0.25) is 0 Å². The van der Waals surface area contributed by atoms with Gasteiger partial charge in [0, 0.05) is 31.8 Å². The molecular weight excluding hydrogens is 280 g/mol. The van der Waals surface area contributed by atoms with Gasteiger partial charge >= 0.3 is 0 Å². The molecule has 0 aromatic carbocycles. The maximum absolute atomic E-state index is 11.7. The molecule has 0 radical (unpaired) electrons. The van der Waals surface area contributed by atoms with E-state index < -0.39 is 0 Å². The topological polar surface area (TPSA) is 64.2 Å². The van der Waals surface area contributed by atoms with Gasteiger partial charge in [-0.2, -0.15) is 4.98 Å². The Morgan fingerprint density at radius 3 is 2.95 bits per heavy atom. The summed E-state index contributed by atoms with van der Waals surface area (Å²) in [6.45, 7) is 5.82. The van der Waals surface area contributed by atoms with Gasteiger partial charge in [0.1, 0.15) is 0 Å². The summed E-state index contributed by atoms with van der Waals surface area (Å²) >= 11 is 0. The number of nitrogens with zero attached hydrogens (tertiary/aromatic N) is 4. The van der Waals surface area contributed by atoms with Gasteiger partial charge in [-0.05, 0) is 31.0 Å². The Labute approximate surface area is 129 Å². The molecule has 1 atom stereocenters. The summed E-state index contributed by atoms with van der Waals surface area (Å²) in [7, 11) is 1.76. The van der Waals surface area contributed by atoms with E-state index in [0.717, 1.165) is 37.3 Å². The molecule has 6 heteroatoms. The van der Waals surface area contributed by atoms with E-state index in [1.165, 1.54) is 0 Å². The predicted molar refractivity (Wildman–Crippen MR) is 82.5 cm³/mol. The van der Waals surface area contributed by atoms with Crippen LogP contribution in [0.15, 0.2) is 27.6 Å². The van der Waals surface area contributed by atoms with Gasteiger partial charge in [0.2, 0.25) is 5.89 Å². The van der Waals surface area contributed by atoms with Crippen molar-refractivity contribution in [1.29, 1.82) is 0 Å². The van der Waals surface area contributed by atoms with Gasteiger partial charge in [-0.25, -0.2) is 0 Å². The van der Waals surface area contributed by atoms with Crippen LogP contribution in [0.1, 0.15) is 55.9 Å². The van der Waals surface area contributed by atoms with Crippen LogP contribution in [-0.4, -0.2) is 26.2 Å². The maximum atomic E-state index is 11.7. The fourth-order valence-corrected chi connectivity index (χ4v) is 2.85. The van der Waals surface area contributed by atoms with Crippen LogP contribution in [0.3, 0.4) is 0 Å². The lowest BCUT2D eigenvalue weighted by Gasteiger charge is -2.21. The van der Waals surface area contributed by atoms with E-state index in [1.807, 2.05) is 26.1 Å². The fourth-order valence-electron chi connectivity index (χ4n) is 2.85. The van der Waals surface area contributed by atoms with Crippen molar-refractivity contribution in [2.45, 2.75) is 45.2 Å². The molecule has 118 valence electrons. The first-order valence-electron chi connectivity index (χ1n) is 7.77. The second-order valence-corrected chi connectivity index (χ2v) is 6.26. The molecule has 0 saturated carbocycles. The lowest BCUT2D eigenvalue weighted by atomic mass is 10.2. The number of aromatic nitrogens is 3. The monoisotopic (exact) mass is 302 g/mol. The van der Waals surface area contributed by atoms with Crippen molar-refractivity contribution in [2.75, 3.05) is 6.54 Å². The van der Waals surface area contributed by atoms with Crippen molar-refractivity contribution in [3.8, 4) is 0 Å². The van der Waals surface area contributed by atoms with Crippen LogP contribution in [0.4, 0.5) is 0 Å². The molecule has 2 aromatic rings. The first kappa shape index (κ1) is 15.0. The number of aryl methyl sites for hydroxylation is 1. The predicted octanol–water partition coefficient (Wildman–Crippen LogP) is 2.23. The Morgan fingerprint density at radius 2 is 2.27 bits per heavy atom. The van der Waals surface area contributed by atoms with Crippen molar-refractivity contribution in [3.63, 3.8) is 0 Å². The average molecular weight is 302 g/mol. The van der Waals surface area contributed by atoms with E-state index in [4.69, 9.17) is 4.52 Å². The molecule has 2 aromatic heterocycles. The highest BCUT2D eigenvalue weighted by atomic mass is 16.5. The Morgan fingerprint density at radius 1 is 1.45 bits per heavy atom. The molecule has 0 spiro atoms. The van der Waals surface area contributed by atoms with Crippen molar-refractivity contribution >= 4 is 0 Å². The van der Waals surface area contributed by atoms with Gasteiger partial charge in [-0.1, -0.05) is 19.0 Å². The number of hydrogen-bond acceptors (Lipinski definition) is 5. The summed E-state index contributed by atoms with van der Waals surface area (Å²) in [5.41, 5.74) is 1.05. The van der Waals surface area contributed by atoms with Gasteiger partial charge in [0.05, 0.1) is 6.04 Å². The summed E-state index contributed by atoms with van der Waals surface area (Å²) in [4.78, 5) is 18.6. The van der Waals surface area contributed by atoms with E-state index in [2.05, 4.69) is 15.0 Å². The van der Waals surface area contributed by atoms with E-state index >= 15 is 0 Å². The van der Waals surface area contributed by atoms with Gasteiger partial charge in [0.15, 0.2) is 5.82 Å². The zero-order valence-electron chi connectivity index (χ0n) is 13.3. The average Bonchev–Trinajstić information content (AvgIpc) is 3.11. The lowest BCUT2D eigenvalue weighted by Crippen LogP contribution is -2.25. The van der Waals surface area contributed by atoms with Crippen LogP contribution in [0, 0.1) is 0 Å². The molecule has 0 bridgehead atoms. The summed E-state index contributed by atoms with van der Waals surface area (Å²) in [5.74, 6) is 1.70. The molecule has 1 aliphatic heterocycles. The zero-order chi connectivity index (χ0) is 15.7. The highest BCUT2D eigenvalue weighted by molar-refractivity contribution is 5.12. The van der Waals surface area contributed by atoms with E-state index in [0.29, 0.717) is 5.89 Å². The molecule has 1 saturated heterocycles. The molecule has 6 nitrogen and oxygen atoms in total. The molecule has 22 heavy (non-hydrogen) atoms. The zero-order valence-corrected chi connectivity index (χ0v) is 13.3. The maximum Gasteiger partial charge on any atom is 0.250 e. The number of likely N-dealkylation sites (tertiary alicyclic amines) is 1. The van der Waals surface area contributed by atoms with Crippen LogP contribution in [0.25, 0.3) is 0 Å². The lowest BCUT2D eigenvalue weighted by molar-refractivity contribution is 0.233. The minimum absolute atomic E-state index is 0.0231. The van der Waals surface area contributed by atoms with Gasteiger partial charge in [-0.3, -0.25) is 9.69 Å². The first-order valence-corrected chi connectivity index (χ1v) is 7.77. The largest absolute Gasteiger partial charge is 0.339 e. The second-order valence-electron chi connectivity index (χ2n) is 6.26. The number of pyridine rings is 1. The minimum atomic E-state index is 0.0231. The first-order chi connectivity index (χ1) is 10.5. The molecule has 0 N–H and O–H groups in total. The Kier molecular flexibility index (Phi) is 4.11. The standard InChI is InChI=1S/C16H22N4O2/c1-11(2)16-17-15(18-22-16)13-5-4-7-20(13)10-12-6-8-19(3)14(21)9-12/h6,8-9,11,13H,4-5,7,10H2,1-3H3/t13-/m0/s1. The molecule has 0 amide bonds. The molecule has 1 fully saturated rings. The van der Waals surface area contributed by atoms with Gasteiger partial charge < -0.3 is 9.09 Å². The highest BCUT2D eigenvalue weighted by Gasteiger charge is 2.30. The Hall–Kier alpha value is -1.95. The molecule has 0 unspecified atom stereocenters. The quantitative estimate of drug-likeness (QED) is 0.866. The highest BCUT2D eigenvalue weighted by Crippen LogP contribution is 2.31. The van der Waals surface area contributed by atoms with E-state index in [1.54, 1.807) is 17.7 Å². The van der Waals surface area contributed by atoms with Crippen molar-refractivity contribution < 1.29 is 4.52 Å².